The maximum atomic E-state index is 13.4. The van der Waals surface area contributed by atoms with E-state index in [-0.39, 0.29) is 16.1 Å². The number of benzene rings is 2. The molecule has 0 aliphatic heterocycles. The van der Waals surface area contributed by atoms with E-state index < -0.39 is 27.4 Å². The second kappa shape index (κ2) is 10.4. The average Bonchev–Trinajstić information content (AvgIpc) is 3.42. The fourth-order valence-corrected chi connectivity index (χ4v) is 5.95. The van der Waals surface area contributed by atoms with Crippen molar-refractivity contribution in [2.24, 2.45) is 5.10 Å². The Balaban J connectivity index is 1.84. The molecule has 2 N–H and O–H groups in total. The molecule has 2 aromatic carbocycles. The van der Waals surface area contributed by atoms with Crippen molar-refractivity contribution in [3.8, 4) is 11.6 Å². The molecule has 1 amide bonds. The normalized spacial score (nSPS) is 12.0. The predicted molar refractivity (Wildman–Crippen MR) is 141 cm³/mol. The SMILES string of the molecule is CCN(CC)S(=O)(=O)c1cccc(-n2c(O)c(/C=N/NC(=O)c3cccs3)c3ccccc3c2=O)c1. The molecule has 0 bridgehead atoms. The van der Waals surface area contributed by atoms with Gasteiger partial charge in [-0.05, 0) is 35.7 Å². The number of amides is 1. The van der Waals surface area contributed by atoms with Gasteiger partial charge in [-0.2, -0.15) is 9.41 Å². The second-order valence-electron chi connectivity index (χ2n) is 7.69. The summed E-state index contributed by atoms with van der Waals surface area (Å²) in [5.41, 5.74) is 2.25. The smallest absolute Gasteiger partial charge is 0.281 e. The molecule has 9 nitrogen and oxygen atoms in total. The molecule has 2 aromatic heterocycles. The van der Waals surface area contributed by atoms with E-state index in [0.717, 1.165) is 4.57 Å². The number of aromatic nitrogens is 1. The van der Waals surface area contributed by atoms with E-state index in [1.54, 1.807) is 55.6 Å². The Labute approximate surface area is 212 Å². The van der Waals surface area contributed by atoms with Crippen LogP contribution >= 0.6 is 11.3 Å². The van der Waals surface area contributed by atoms with Crippen LogP contribution in [0.1, 0.15) is 29.1 Å². The highest BCUT2D eigenvalue weighted by atomic mass is 32.2. The Bertz CT molecular complexity index is 1610. The summed E-state index contributed by atoms with van der Waals surface area (Å²) in [5, 5.41) is 17.6. The molecule has 0 aliphatic rings. The molecule has 2 heterocycles. The van der Waals surface area contributed by atoms with Gasteiger partial charge in [0.1, 0.15) is 0 Å². The van der Waals surface area contributed by atoms with Crippen molar-refractivity contribution in [2.75, 3.05) is 13.1 Å². The maximum Gasteiger partial charge on any atom is 0.281 e. The van der Waals surface area contributed by atoms with E-state index in [9.17, 15) is 23.1 Å². The largest absolute Gasteiger partial charge is 0.494 e. The molecule has 0 radical (unpaired) electrons. The Morgan fingerprint density at radius 1 is 1.08 bits per heavy atom. The molecule has 0 saturated heterocycles. The van der Waals surface area contributed by atoms with Crippen LogP contribution in [0.2, 0.25) is 0 Å². The lowest BCUT2D eigenvalue weighted by molar-refractivity contribution is 0.0959. The van der Waals surface area contributed by atoms with Crippen molar-refractivity contribution >= 4 is 44.3 Å². The Hall–Kier alpha value is -3.80. The van der Waals surface area contributed by atoms with Crippen LogP contribution < -0.4 is 11.0 Å². The van der Waals surface area contributed by atoms with Gasteiger partial charge in [-0.3, -0.25) is 9.59 Å². The summed E-state index contributed by atoms with van der Waals surface area (Å²) in [7, 11) is -3.79. The summed E-state index contributed by atoms with van der Waals surface area (Å²) in [4.78, 5) is 26.1. The molecule has 186 valence electrons. The van der Waals surface area contributed by atoms with Gasteiger partial charge in [-0.15, -0.1) is 11.3 Å². The lowest BCUT2D eigenvalue weighted by Gasteiger charge is -2.19. The summed E-state index contributed by atoms with van der Waals surface area (Å²) < 4.78 is 28.4. The van der Waals surface area contributed by atoms with Gasteiger partial charge in [0.15, 0.2) is 0 Å². The number of fused-ring (bicyclic) bond motifs is 1. The van der Waals surface area contributed by atoms with E-state index >= 15 is 0 Å². The van der Waals surface area contributed by atoms with Crippen molar-refractivity contribution in [3.63, 3.8) is 0 Å². The first-order valence-corrected chi connectivity index (χ1v) is 13.5. The predicted octanol–water partition coefficient (Wildman–Crippen LogP) is 3.55. The van der Waals surface area contributed by atoms with E-state index in [2.05, 4.69) is 10.5 Å². The van der Waals surface area contributed by atoms with E-state index in [1.165, 1.54) is 46.1 Å². The summed E-state index contributed by atoms with van der Waals surface area (Å²) in [5.74, 6) is -0.849. The van der Waals surface area contributed by atoms with Gasteiger partial charge < -0.3 is 5.11 Å². The molecule has 0 aliphatic carbocycles. The fourth-order valence-electron chi connectivity index (χ4n) is 3.84. The standard InChI is InChI=1S/C25H24N4O5S2/c1-3-28(4-2)36(33,34)18-10-7-9-17(15-18)29-24(31)20-12-6-5-11-19(20)21(25(29)32)16-26-27-23(30)22-13-8-14-35-22/h5-16,32H,3-4H2,1-2H3,(H,27,30)/b26-16+. The number of nitrogens with zero attached hydrogens (tertiary/aromatic N) is 3. The van der Waals surface area contributed by atoms with Crippen LogP contribution in [0.5, 0.6) is 5.88 Å². The highest BCUT2D eigenvalue weighted by molar-refractivity contribution is 7.89. The molecule has 0 atom stereocenters. The summed E-state index contributed by atoms with van der Waals surface area (Å²) in [6.45, 7) is 4.07. The molecule has 4 aromatic rings. The summed E-state index contributed by atoms with van der Waals surface area (Å²) >= 11 is 1.26. The van der Waals surface area contributed by atoms with Gasteiger partial charge >= 0.3 is 0 Å². The van der Waals surface area contributed by atoms with Crippen LogP contribution in [-0.4, -0.2) is 47.6 Å². The average molecular weight is 525 g/mol. The number of sulfonamides is 1. The van der Waals surface area contributed by atoms with Crippen molar-refractivity contribution < 1.29 is 18.3 Å². The van der Waals surface area contributed by atoms with Crippen LogP contribution in [0.25, 0.3) is 16.5 Å². The Kier molecular flexibility index (Phi) is 7.34. The van der Waals surface area contributed by atoms with Crippen LogP contribution in [-0.2, 0) is 10.0 Å². The number of thiophene rings is 1. The third-order valence-electron chi connectivity index (χ3n) is 5.63. The number of hydrogen-bond acceptors (Lipinski definition) is 7. The van der Waals surface area contributed by atoms with Crippen molar-refractivity contribution in [2.45, 2.75) is 18.7 Å². The van der Waals surface area contributed by atoms with E-state index in [1.807, 2.05) is 0 Å². The van der Waals surface area contributed by atoms with Crippen molar-refractivity contribution in [1.29, 1.82) is 0 Å². The second-order valence-corrected chi connectivity index (χ2v) is 10.6. The van der Waals surface area contributed by atoms with Gasteiger partial charge in [-0.25, -0.2) is 18.4 Å². The third kappa shape index (κ3) is 4.68. The first-order chi connectivity index (χ1) is 17.3. The molecule has 0 fully saturated rings. The molecule has 4 rings (SSSR count). The van der Waals surface area contributed by atoms with Crippen LogP contribution in [0.3, 0.4) is 0 Å². The highest BCUT2D eigenvalue weighted by Gasteiger charge is 2.23. The minimum atomic E-state index is -3.79. The topological polar surface area (TPSA) is 121 Å². The van der Waals surface area contributed by atoms with Gasteiger partial charge in [0.25, 0.3) is 11.5 Å². The van der Waals surface area contributed by atoms with Gasteiger partial charge in [0.2, 0.25) is 15.9 Å². The highest BCUT2D eigenvalue weighted by Crippen LogP contribution is 2.27. The number of rotatable bonds is 8. The molecule has 11 heteroatoms. The molecule has 36 heavy (non-hydrogen) atoms. The van der Waals surface area contributed by atoms with E-state index in [0.29, 0.717) is 28.7 Å². The maximum absolute atomic E-state index is 13.4. The lowest BCUT2D eigenvalue weighted by Crippen LogP contribution is -2.30. The number of hydrogen-bond donors (Lipinski definition) is 2. The zero-order chi connectivity index (χ0) is 25.9. The lowest BCUT2D eigenvalue weighted by atomic mass is 10.1. The molecular weight excluding hydrogens is 500 g/mol. The van der Waals surface area contributed by atoms with Gasteiger partial charge in [0.05, 0.1) is 27.2 Å². The number of carbonyl (C=O) groups is 1. The molecular formula is C25H24N4O5S2. The van der Waals surface area contributed by atoms with Crippen molar-refractivity contribution in [1.82, 2.24) is 14.3 Å². The molecule has 0 spiro atoms. The quantitative estimate of drug-likeness (QED) is 0.270. The van der Waals surface area contributed by atoms with Crippen molar-refractivity contribution in [3.05, 3.63) is 86.8 Å². The monoisotopic (exact) mass is 524 g/mol. The minimum absolute atomic E-state index is 0.00147. The van der Waals surface area contributed by atoms with Gasteiger partial charge in [0, 0.05) is 23.9 Å². The number of aromatic hydroxyl groups is 1. The van der Waals surface area contributed by atoms with Crippen LogP contribution in [0, 0.1) is 0 Å². The fraction of sp³-hybridized carbons (Fsp3) is 0.160. The molecule has 0 saturated carbocycles. The van der Waals surface area contributed by atoms with Crippen LogP contribution in [0.4, 0.5) is 0 Å². The number of nitrogens with one attached hydrogen (secondary N) is 1. The van der Waals surface area contributed by atoms with Crippen LogP contribution in [0.15, 0.2) is 80.8 Å². The number of pyridine rings is 1. The van der Waals surface area contributed by atoms with E-state index in [4.69, 9.17) is 0 Å². The molecule has 0 unspecified atom stereocenters. The Morgan fingerprint density at radius 3 is 2.47 bits per heavy atom. The number of carbonyl (C=O) groups excluding carboxylic acids is 1. The zero-order valence-electron chi connectivity index (χ0n) is 19.6. The number of hydrazone groups is 1. The first-order valence-electron chi connectivity index (χ1n) is 11.1. The zero-order valence-corrected chi connectivity index (χ0v) is 21.2. The minimum Gasteiger partial charge on any atom is -0.494 e. The summed E-state index contributed by atoms with van der Waals surface area (Å²) in [6, 6.07) is 15.9. The first kappa shape index (κ1) is 25.3. The summed E-state index contributed by atoms with van der Waals surface area (Å²) in [6.07, 6.45) is 1.26. The van der Waals surface area contributed by atoms with Gasteiger partial charge in [-0.1, -0.05) is 44.2 Å². The third-order valence-corrected chi connectivity index (χ3v) is 8.54. The Morgan fingerprint density at radius 2 is 1.81 bits per heavy atom.